The van der Waals surface area contributed by atoms with Crippen molar-refractivity contribution in [2.24, 2.45) is 5.73 Å². The molecule has 0 saturated heterocycles. The molecule has 6 heteroatoms. The molecule has 0 aliphatic carbocycles. The summed E-state index contributed by atoms with van der Waals surface area (Å²) in [6.45, 7) is 3.42. The van der Waals surface area contributed by atoms with E-state index >= 15 is 0 Å². The fourth-order valence-corrected chi connectivity index (χ4v) is 3.05. The third kappa shape index (κ3) is 3.83. The predicted molar refractivity (Wildman–Crippen MR) is 67.5 cm³/mol. The van der Waals surface area contributed by atoms with E-state index in [9.17, 15) is 8.42 Å². The van der Waals surface area contributed by atoms with Crippen molar-refractivity contribution in [3.63, 3.8) is 0 Å². The molecule has 0 aliphatic heterocycles. The van der Waals surface area contributed by atoms with Gasteiger partial charge in [0.2, 0.25) is 10.0 Å². The molecule has 0 aromatic heterocycles. The summed E-state index contributed by atoms with van der Waals surface area (Å²) in [6, 6.07) is 6.37. The summed E-state index contributed by atoms with van der Waals surface area (Å²) in [5, 5.41) is 7.12. The Morgan fingerprint density at radius 1 is 1.47 bits per heavy atom. The Balaban J connectivity index is 2.90. The largest absolute Gasteiger partial charge is 0.388 e. The number of nitrogens with two attached hydrogens (primary N) is 1. The monoisotopic (exact) mass is 255 g/mol. The maximum absolute atomic E-state index is 12.0. The molecule has 0 spiro atoms. The number of rotatable bonds is 5. The lowest BCUT2D eigenvalue weighted by molar-refractivity contribution is 0.563. The molecule has 1 atom stereocenters. The normalized spacial score (nSPS) is 13.3. The second kappa shape index (κ2) is 5.29. The zero-order valence-electron chi connectivity index (χ0n) is 9.90. The molecule has 0 radical (unpaired) electrons. The van der Waals surface area contributed by atoms with Gasteiger partial charge in [-0.25, -0.2) is 13.1 Å². The van der Waals surface area contributed by atoms with Crippen LogP contribution in [-0.2, 0) is 10.0 Å². The molecule has 1 rings (SSSR count). The second-order valence-corrected chi connectivity index (χ2v) is 5.70. The van der Waals surface area contributed by atoms with Crippen molar-refractivity contribution in [1.29, 1.82) is 5.41 Å². The standard InChI is InChI=1S/C11H17N3O2S/c1-8-5-3-4-6-10(8)17(15,16)14-9(2)7-11(12)13/h3-6,9,14H,7H2,1-2H3,(H3,12,13). The fraction of sp³-hybridized carbons (Fsp3) is 0.364. The summed E-state index contributed by atoms with van der Waals surface area (Å²) >= 11 is 0. The van der Waals surface area contributed by atoms with E-state index in [4.69, 9.17) is 11.1 Å². The Labute approximate surface area is 102 Å². The van der Waals surface area contributed by atoms with Crippen LogP contribution in [-0.4, -0.2) is 20.3 Å². The average Bonchev–Trinajstić information content (AvgIpc) is 2.15. The Kier molecular flexibility index (Phi) is 4.25. The number of sulfonamides is 1. The fourth-order valence-electron chi connectivity index (χ4n) is 1.56. The van der Waals surface area contributed by atoms with Crippen molar-refractivity contribution in [1.82, 2.24) is 4.72 Å². The van der Waals surface area contributed by atoms with Crippen molar-refractivity contribution in [2.45, 2.75) is 31.2 Å². The van der Waals surface area contributed by atoms with Gasteiger partial charge in [-0.15, -0.1) is 0 Å². The molecule has 17 heavy (non-hydrogen) atoms. The third-order valence-corrected chi connectivity index (χ3v) is 4.02. The first-order chi connectivity index (χ1) is 7.83. The molecule has 0 aliphatic rings. The molecule has 94 valence electrons. The summed E-state index contributed by atoms with van der Waals surface area (Å²) in [4.78, 5) is 0.260. The summed E-state index contributed by atoms with van der Waals surface area (Å²) in [6.07, 6.45) is 0.200. The van der Waals surface area contributed by atoms with Crippen LogP contribution in [0.2, 0.25) is 0 Å². The summed E-state index contributed by atoms with van der Waals surface area (Å²) in [5.41, 5.74) is 5.92. The second-order valence-electron chi connectivity index (χ2n) is 4.02. The van der Waals surface area contributed by atoms with Gasteiger partial charge in [0.1, 0.15) is 0 Å². The van der Waals surface area contributed by atoms with Gasteiger partial charge in [0.25, 0.3) is 0 Å². The van der Waals surface area contributed by atoms with Crippen LogP contribution < -0.4 is 10.5 Å². The van der Waals surface area contributed by atoms with Gasteiger partial charge >= 0.3 is 0 Å². The minimum absolute atomic E-state index is 0.0371. The zero-order chi connectivity index (χ0) is 13.1. The average molecular weight is 255 g/mol. The van der Waals surface area contributed by atoms with Gasteiger partial charge in [0.15, 0.2) is 0 Å². The van der Waals surface area contributed by atoms with E-state index in [0.717, 1.165) is 0 Å². The molecular weight excluding hydrogens is 238 g/mol. The topological polar surface area (TPSA) is 96.0 Å². The molecule has 0 heterocycles. The molecule has 5 nitrogen and oxygen atoms in total. The van der Waals surface area contributed by atoms with Crippen molar-refractivity contribution >= 4 is 15.9 Å². The first-order valence-corrected chi connectivity index (χ1v) is 6.72. The number of aryl methyl sites for hydroxylation is 1. The number of amidine groups is 1. The molecule has 0 amide bonds. The highest BCUT2D eigenvalue weighted by Crippen LogP contribution is 2.14. The van der Waals surface area contributed by atoms with Gasteiger partial charge in [0.05, 0.1) is 10.7 Å². The molecule has 4 N–H and O–H groups in total. The Hall–Kier alpha value is -1.40. The minimum Gasteiger partial charge on any atom is -0.388 e. The SMILES string of the molecule is Cc1ccccc1S(=O)(=O)NC(C)CC(=N)N. The molecule has 1 unspecified atom stereocenters. The van der Waals surface area contributed by atoms with E-state index < -0.39 is 16.1 Å². The van der Waals surface area contributed by atoms with Gasteiger partial charge in [-0.3, -0.25) is 5.41 Å². The predicted octanol–water partition coefficient (Wildman–Crippen LogP) is 0.988. The Bertz CT molecular complexity index is 511. The van der Waals surface area contributed by atoms with Gasteiger partial charge < -0.3 is 5.73 Å². The lowest BCUT2D eigenvalue weighted by atomic mass is 10.2. The number of hydrogen-bond acceptors (Lipinski definition) is 3. The number of benzene rings is 1. The van der Waals surface area contributed by atoms with Crippen LogP contribution in [0.15, 0.2) is 29.2 Å². The maximum Gasteiger partial charge on any atom is 0.241 e. The Morgan fingerprint density at radius 2 is 2.06 bits per heavy atom. The number of hydrogen-bond donors (Lipinski definition) is 3. The quantitative estimate of drug-likeness (QED) is 0.540. The van der Waals surface area contributed by atoms with Crippen molar-refractivity contribution in [3.05, 3.63) is 29.8 Å². The molecule has 1 aromatic carbocycles. The van der Waals surface area contributed by atoms with Crippen molar-refractivity contribution in [3.8, 4) is 0 Å². The lowest BCUT2D eigenvalue weighted by Crippen LogP contribution is -2.35. The van der Waals surface area contributed by atoms with E-state index in [-0.39, 0.29) is 17.2 Å². The van der Waals surface area contributed by atoms with Crippen LogP contribution in [0.3, 0.4) is 0 Å². The molecule has 1 aromatic rings. The number of nitrogens with one attached hydrogen (secondary N) is 2. The summed E-state index contributed by atoms with van der Waals surface area (Å²) in [5.74, 6) is -0.0371. The Morgan fingerprint density at radius 3 is 2.59 bits per heavy atom. The first-order valence-electron chi connectivity index (χ1n) is 5.24. The van der Waals surface area contributed by atoms with E-state index in [0.29, 0.717) is 5.56 Å². The minimum atomic E-state index is -3.54. The highest BCUT2D eigenvalue weighted by Gasteiger charge is 2.19. The van der Waals surface area contributed by atoms with E-state index in [1.165, 1.54) is 0 Å². The van der Waals surface area contributed by atoms with Crippen LogP contribution >= 0.6 is 0 Å². The van der Waals surface area contributed by atoms with Gasteiger partial charge in [0, 0.05) is 12.5 Å². The zero-order valence-corrected chi connectivity index (χ0v) is 10.7. The molecule has 0 fully saturated rings. The summed E-state index contributed by atoms with van der Waals surface area (Å²) in [7, 11) is -3.54. The van der Waals surface area contributed by atoms with Crippen molar-refractivity contribution < 1.29 is 8.42 Å². The maximum atomic E-state index is 12.0. The first kappa shape index (κ1) is 13.7. The van der Waals surface area contributed by atoms with E-state index in [2.05, 4.69) is 4.72 Å². The lowest BCUT2D eigenvalue weighted by Gasteiger charge is -2.14. The van der Waals surface area contributed by atoms with E-state index in [1.807, 2.05) is 0 Å². The highest BCUT2D eigenvalue weighted by molar-refractivity contribution is 7.89. The van der Waals surface area contributed by atoms with Crippen LogP contribution in [0.25, 0.3) is 0 Å². The molecule has 0 saturated carbocycles. The smallest absolute Gasteiger partial charge is 0.241 e. The van der Waals surface area contributed by atoms with Gasteiger partial charge in [-0.1, -0.05) is 18.2 Å². The van der Waals surface area contributed by atoms with Crippen LogP contribution in [0.5, 0.6) is 0 Å². The molecule has 0 bridgehead atoms. The molecular formula is C11H17N3O2S. The van der Waals surface area contributed by atoms with Crippen LogP contribution in [0.1, 0.15) is 18.9 Å². The summed E-state index contributed by atoms with van der Waals surface area (Å²) < 4.78 is 26.5. The van der Waals surface area contributed by atoms with Crippen LogP contribution in [0.4, 0.5) is 0 Å². The van der Waals surface area contributed by atoms with Crippen molar-refractivity contribution in [2.75, 3.05) is 0 Å². The van der Waals surface area contributed by atoms with E-state index in [1.54, 1.807) is 38.1 Å². The third-order valence-electron chi connectivity index (χ3n) is 2.27. The highest BCUT2D eigenvalue weighted by atomic mass is 32.2. The van der Waals surface area contributed by atoms with Gasteiger partial charge in [-0.2, -0.15) is 0 Å². The van der Waals surface area contributed by atoms with Gasteiger partial charge in [-0.05, 0) is 25.5 Å². The van der Waals surface area contributed by atoms with Crippen LogP contribution in [0, 0.1) is 12.3 Å².